The lowest BCUT2D eigenvalue weighted by Gasteiger charge is -2.47. The van der Waals surface area contributed by atoms with Crippen molar-refractivity contribution in [2.24, 2.45) is 5.92 Å². The maximum atomic E-state index is 13.6. The van der Waals surface area contributed by atoms with Crippen molar-refractivity contribution < 1.29 is 4.79 Å². The van der Waals surface area contributed by atoms with Crippen molar-refractivity contribution in [1.82, 2.24) is 19.4 Å². The van der Waals surface area contributed by atoms with E-state index >= 15 is 0 Å². The minimum Gasteiger partial charge on any atom is -0.356 e. The Labute approximate surface area is 189 Å². The molecule has 2 bridgehead atoms. The zero-order valence-corrected chi connectivity index (χ0v) is 18.4. The fourth-order valence-corrected chi connectivity index (χ4v) is 5.49. The number of hydrogen-bond donors (Lipinski definition) is 0. The second kappa shape index (κ2) is 8.20. The topological polar surface area (TPSA) is 95.1 Å². The van der Waals surface area contributed by atoms with E-state index in [2.05, 4.69) is 20.9 Å². The summed E-state index contributed by atoms with van der Waals surface area (Å²) >= 11 is 1.50. The number of thiazole rings is 1. The standard InChI is InChI=1S/C23H22N6O2S/c1-27(12-18-13-32-14-26-18)23(31)22-17-7-16(19-3-2-4-21(30)29(19)22)10-28(11-17)20-6-5-15(8-24)9-25-20/h2-6,9,13-14,16-17,22H,7,10-12H2,1H3/t16-,17+,22-/m1/s1. The molecule has 5 rings (SSSR count). The normalized spacial score (nSPS) is 21.5. The summed E-state index contributed by atoms with van der Waals surface area (Å²) in [5, 5.41) is 11.0. The Balaban J connectivity index is 1.50. The Morgan fingerprint density at radius 2 is 2.16 bits per heavy atom. The molecule has 3 aromatic heterocycles. The molecular formula is C23H22N6O2S. The number of piperidine rings is 1. The molecule has 0 unspecified atom stereocenters. The van der Waals surface area contributed by atoms with Crippen LogP contribution < -0.4 is 10.5 Å². The van der Waals surface area contributed by atoms with Crippen molar-refractivity contribution in [3.63, 3.8) is 0 Å². The van der Waals surface area contributed by atoms with Gasteiger partial charge in [-0.25, -0.2) is 9.97 Å². The first kappa shape index (κ1) is 20.4. The van der Waals surface area contributed by atoms with Gasteiger partial charge in [-0.1, -0.05) is 6.07 Å². The Bertz CT molecular complexity index is 1230. The number of rotatable bonds is 4. The van der Waals surface area contributed by atoms with E-state index in [4.69, 9.17) is 5.26 Å². The predicted molar refractivity (Wildman–Crippen MR) is 120 cm³/mol. The summed E-state index contributed by atoms with van der Waals surface area (Å²) in [6.45, 7) is 1.75. The molecule has 1 amide bonds. The van der Waals surface area contributed by atoms with Gasteiger partial charge in [0.05, 0.1) is 23.3 Å². The van der Waals surface area contributed by atoms with Gasteiger partial charge >= 0.3 is 0 Å². The number of anilines is 1. The van der Waals surface area contributed by atoms with E-state index in [0.717, 1.165) is 23.6 Å². The molecule has 0 aliphatic carbocycles. The molecule has 0 radical (unpaired) electrons. The summed E-state index contributed by atoms with van der Waals surface area (Å²) < 4.78 is 1.71. The highest BCUT2D eigenvalue weighted by atomic mass is 32.1. The van der Waals surface area contributed by atoms with Crippen molar-refractivity contribution in [1.29, 1.82) is 5.26 Å². The van der Waals surface area contributed by atoms with Gasteiger partial charge in [-0.05, 0) is 24.6 Å². The molecule has 2 aliphatic rings. The zero-order chi connectivity index (χ0) is 22.2. The number of pyridine rings is 2. The predicted octanol–water partition coefficient (Wildman–Crippen LogP) is 2.39. The number of nitriles is 1. The molecule has 9 heteroatoms. The minimum absolute atomic E-state index is 0.0239. The van der Waals surface area contributed by atoms with Crippen molar-refractivity contribution in [3.8, 4) is 6.07 Å². The fraction of sp³-hybridized carbons (Fsp3) is 0.348. The average molecular weight is 447 g/mol. The van der Waals surface area contributed by atoms with Crippen LogP contribution in [-0.4, -0.2) is 45.5 Å². The van der Waals surface area contributed by atoms with Gasteiger partial charge in [-0.3, -0.25) is 14.2 Å². The Morgan fingerprint density at radius 1 is 1.28 bits per heavy atom. The summed E-state index contributed by atoms with van der Waals surface area (Å²) in [7, 11) is 1.77. The lowest BCUT2D eigenvalue weighted by atomic mass is 9.78. The maximum absolute atomic E-state index is 13.6. The first-order chi connectivity index (χ1) is 15.5. The van der Waals surface area contributed by atoms with Crippen LogP contribution in [0.3, 0.4) is 0 Å². The molecule has 3 atom stereocenters. The number of amides is 1. The third kappa shape index (κ3) is 3.56. The van der Waals surface area contributed by atoms with Crippen LogP contribution in [0.2, 0.25) is 0 Å². The molecule has 0 N–H and O–H groups in total. The largest absolute Gasteiger partial charge is 0.356 e. The highest BCUT2D eigenvalue weighted by molar-refractivity contribution is 7.07. The monoisotopic (exact) mass is 446 g/mol. The Hall–Kier alpha value is -3.51. The molecule has 5 heterocycles. The lowest BCUT2D eigenvalue weighted by Crippen LogP contribution is -2.53. The molecule has 2 aliphatic heterocycles. The van der Waals surface area contributed by atoms with Gasteiger partial charge in [-0.15, -0.1) is 11.3 Å². The number of fused-ring (bicyclic) bond motifs is 4. The van der Waals surface area contributed by atoms with Crippen LogP contribution in [0.25, 0.3) is 0 Å². The minimum atomic E-state index is -0.570. The maximum Gasteiger partial charge on any atom is 0.251 e. The quantitative estimate of drug-likeness (QED) is 0.611. The third-order valence-electron chi connectivity index (χ3n) is 6.36. The second-order valence-corrected chi connectivity index (χ2v) is 9.11. The first-order valence-electron chi connectivity index (χ1n) is 10.5. The number of likely N-dealkylation sites (N-methyl/N-ethyl adjacent to an activating group) is 1. The number of carbonyl (C=O) groups excluding carboxylic acids is 1. The SMILES string of the molecule is CN(Cc1cscn1)C(=O)[C@H]1[C@H]2C[C@H](CN(c3ccc(C#N)cn3)C2)c2cccc(=O)n21. The van der Waals surface area contributed by atoms with Crippen molar-refractivity contribution >= 4 is 23.1 Å². The van der Waals surface area contributed by atoms with E-state index in [1.807, 2.05) is 17.5 Å². The number of hydrogen-bond acceptors (Lipinski definition) is 7. The summed E-state index contributed by atoms with van der Waals surface area (Å²) in [4.78, 5) is 39.1. The second-order valence-electron chi connectivity index (χ2n) is 8.39. The van der Waals surface area contributed by atoms with Gasteiger partial charge in [0.15, 0.2) is 0 Å². The van der Waals surface area contributed by atoms with Crippen LogP contribution in [-0.2, 0) is 11.3 Å². The van der Waals surface area contributed by atoms with Crippen LogP contribution in [0.4, 0.5) is 5.82 Å². The van der Waals surface area contributed by atoms with Gasteiger partial charge < -0.3 is 9.80 Å². The Morgan fingerprint density at radius 3 is 2.88 bits per heavy atom. The van der Waals surface area contributed by atoms with E-state index in [-0.39, 0.29) is 23.3 Å². The highest BCUT2D eigenvalue weighted by Gasteiger charge is 2.44. The van der Waals surface area contributed by atoms with Crippen LogP contribution in [0.15, 0.2) is 52.2 Å². The average Bonchev–Trinajstić information content (AvgIpc) is 3.32. The van der Waals surface area contributed by atoms with E-state index in [1.54, 1.807) is 40.4 Å². The molecule has 3 aromatic rings. The number of aromatic nitrogens is 3. The first-order valence-corrected chi connectivity index (χ1v) is 11.4. The zero-order valence-electron chi connectivity index (χ0n) is 17.6. The molecule has 0 saturated carbocycles. The summed E-state index contributed by atoms with van der Waals surface area (Å²) in [6.07, 6.45) is 2.42. The van der Waals surface area contributed by atoms with Crippen LogP contribution >= 0.6 is 11.3 Å². The highest BCUT2D eigenvalue weighted by Crippen LogP contribution is 2.42. The summed E-state index contributed by atoms with van der Waals surface area (Å²) in [5.41, 5.74) is 3.87. The molecule has 1 fully saturated rings. The van der Waals surface area contributed by atoms with E-state index in [9.17, 15) is 9.59 Å². The fourth-order valence-electron chi connectivity index (χ4n) is 4.94. The van der Waals surface area contributed by atoms with Gasteiger partial charge in [0.25, 0.3) is 5.56 Å². The third-order valence-corrected chi connectivity index (χ3v) is 7.00. The summed E-state index contributed by atoms with van der Waals surface area (Å²) in [6, 6.07) is 10.4. The summed E-state index contributed by atoms with van der Waals surface area (Å²) in [5.74, 6) is 0.815. The molecular weight excluding hydrogens is 424 g/mol. The van der Waals surface area contributed by atoms with E-state index < -0.39 is 6.04 Å². The van der Waals surface area contributed by atoms with Crippen molar-refractivity contribution in [2.45, 2.75) is 24.9 Å². The van der Waals surface area contributed by atoms with Gasteiger partial charge in [-0.2, -0.15) is 5.26 Å². The smallest absolute Gasteiger partial charge is 0.251 e. The molecule has 32 heavy (non-hydrogen) atoms. The van der Waals surface area contributed by atoms with Crippen LogP contribution in [0.1, 0.15) is 35.3 Å². The van der Waals surface area contributed by atoms with E-state index in [0.29, 0.717) is 25.2 Å². The molecule has 162 valence electrons. The van der Waals surface area contributed by atoms with Crippen molar-refractivity contribution in [2.75, 3.05) is 25.0 Å². The lowest BCUT2D eigenvalue weighted by molar-refractivity contribution is -0.136. The van der Waals surface area contributed by atoms with Crippen LogP contribution in [0, 0.1) is 17.2 Å². The van der Waals surface area contributed by atoms with Gasteiger partial charge in [0.1, 0.15) is 17.9 Å². The number of nitrogens with zero attached hydrogens (tertiary/aromatic N) is 6. The Kier molecular flexibility index (Phi) is 5.23. The van der Waals surface area contributed by atoms with Gasteiger partial charge in [0.2, 0.25) is 5.91 Å². The van der Waals surface area contributed by atoms with Crippen molar-refractivity contribution in [3.05, 3.63) is 74.7 Å². The van der Waals surface area contributed by atoms with Gasteiger partial charge in [0, 0.05) is 55.3 Å². The molecule has 0 aromatic carbocycles. The molecule has 1 saturated heterocycles. The molecule has 8 nitrogen and oxygen atoms in total. The van der Waals surface area contributed by atoms with Crippen LogP contribution in [0.5, 0.6) is 0 Å². The number of carbonyl (C=O) groups is 1. The molecule has 0 spiro atoms. The van der Waals surface area contributed by atoms with E-state index in [1.165, 1.54) is 17.4 Å².